The largest absolute Gasteiger partial charge is 0.491 e. The van der Waals surface area contributed by atoms with E-state index < -0.39 is 6.10 Å². The lowest BCUT2D eigenvalue weighted by Crippen LogP contribution is -3.16. The molecule has 1 aliphatic rings. The Kier molecular flexibility index (Phi) is 6.35. The number of aliphatic hydroxyl groups is 1. The standard InChI is InChI=1S/C20H24ClFN2O2/c1-15-12-19(6-7-20(15)21)26-14-18(25)13-23-8-10-24(11-9-23)17-4-2-16(22)3-5-17/h2-7,12,18,25H,8-11,13-14H2,1H3/p+1/t18-/m1/s1. The average molecular weight is 380 g/mol. The molecule has 0 radical (unpaired) electrons. The Balaban J connectivity index is 1.42. The second-order valence-electron chi connectivity index (χ2n) is 6.79. The van der Waals surface area contributed by atoms with Crippen molar-refractivity contribution in [3.8, 4) is 5.75 Å². The molecule has 4 nitrogen and oxygen atoms in total. The molecule has 1 saturated heterocycles. The van der Waals surface area contributed by atoms with Gasteiger partial charge in [0.05, 0.1) is 26.2 Å². The van der Waals surface area contributed by atoms with Crippen LogP contribution in [-0.4, -0.2) is 50.5 Å². The van der Waals surface area contributed by atoms with Crippen LogP contribution in [-0.2, 0) is 0 Å². The van der Waals surface area contributed by atoms with Crippen LogP contribution in [0.1, 0.15) is 5.56 Å². The predicted octanol–water partition coefficient (Wildman–Crippen LogP) is 1.93. The Morgan fingerprint density at radius 2 is 1.88 bits per heavy atom. The molecule has 0 aliphatic carbocycles. The number of piperazine rings is 1. The van der Waals surface area contributed by atoms with Crippen LogP contribution in [0.25, 0.3) is 0 Å². The van der Waals surface area contributed by atoms with Crippen LogP contribution in [0.15, 0.2) is 42.5 Å². The molecule has 2 aromatic rings. The van der Waals surface area contributed by atoms with E-state index in [1.807, 2.05) is 31.2 Å². The van der Waals surface area contributed by atoms with Crippen LogP contribution in [0.5, 0.6) is 5.75 Å². The van der Waals surface area contributed by atoms with Crippen molar-refractivity contribution >= 4 is 17.3 Å². The Hall–Kier alpha value is -1.82. The van der Waals surface area contributed by atoms with Crippen molar-refractivity contribution < 1.29 is 19.1 Å². The fourth-order valence-corrected chi connectivity index (χ4v) is 3.35. The zero-order valence-corrected chi connectivity index (χ0v) is 15.7. The van der Waals surface area contributed by atoms with Gasteiger partial charge < -0.3 is 19.6 Å². The summed E-state index contributed by atoms with van der Waals surface area (Å²) in [5.74, 6) is 0.513. The van der Waals surface area contributed by atoms with Gasteiger partial charge in [0.25, 0.3) is 0 Å². The minimum absolute atomic E-state index is 0.211. The molecular formula is C20H25ClFN2O2+. The Bertz CT molecular complexity index is 718. The molecule has 6 heteroatoms. The van der Waals surface area contributed by atoms with Crippen LogP contribution in [0.2, 0.25) is 5.02 Å². The van der Waals surface area contributed by atoms with Gasteiger partial charge in [-0.05, 0) is 55.0 Å². The van der Waals surface area contributed by atoms with Gasteiger partial charge in [0.1, 0.15) is 30.8 Å². The first-order chi connectivity index (χ1) is 12.5. The second-order valence-corrected chi connectivity index (χ2v) is 7.20. The van der Waals surface area contributed by atoms with Crippen molar-refractivity contribution in [3.63, 3.8) is 0 Å². The van der Waals surface area contributed by atoms with Gasteiger partial charge >= 0.3 is 0 Å². The first kappa shape index (κ1) is 19.0. The van der Waals surface area contributed by atoms with Crippen molar-refractivity contribution in [1.29, 1.82) is 0 Å². The van der Waals surface area contributed by atoms with Gasteiger partial charge in [0, 0.05) is 10.7 Å². The van der Waals surface area contributed by atoms with Crippen LogP contribution in [0.4, 0.5) is 10.1 Å². The molecule has 0 aromatic heterocycles. The summed E-state index contributed by atoms with van der Waals surface area (Å²) in [4.78, 5) is 3.61. The smallest absolute Gasteiger partial charge is 0.137 e. The number of ether oxygens (including phenoxy) is 1. The maximum absolute atomic E-state index is 13.0. The van der Waals surface area contributed by atoms with E-state index in [0.29, 0.717) is 11.6 Å². The zero-order chi connectivity index (χ0) is 18.5. The Morgan fingerprint density at radius 1 is 1.19 bits per heavy atom. The maximum Gasteiger partial charge on any atom is 0.137 e. The summed E-state index contributed by atoms with van der Waals surface area (Å²) in [6, 6.07) is 12.1. The second kappa shape index (κ2) is 8.71. The number of hydrogen-bond donors (Lipinski definition) is 2. The van der Waals surface area contributed by atoms with Gasteiger partial charge in [-0.3, -0.25) is 0 Å². The monoisotopic (exact) mass is 379 g/mol. The lowest BCUT2D eigenvalue weighted by Gasteiger charge is -2.34. The summed E-state index contributed by atoms with van der Waals surface area (Å²) in [5.41, 5.74) is 2.01. The van der Waals surface area contributed by atoms with Gasteiger partial charge in [-0.2, -0.15) is 0 Å². The predicted molar refractivity (Wildman–Crippen MR) is 102 cm³/mol. The third kappa shape index (κ3) is 5.10. The molecule has 140 valence electrons. The molecule has 0 bridgehead atoms. The lowest BCUT2D eigenvalue weighted by molar-refractivity contribution is -0.903. The summed E-state index contributed by atoms with van der Waals surface area (Å²) < 4.78 is 18.7. The number of nitrogens with one attached hydrogen (secondary N) is 1. The molecule has 1 heterocycles. The van der Waals surface area contributed by atoms with E-state index in [9.17, 15) is 9.50 Å². The molecule has 26 heavy (non-hydrogen) atoms. The van der Waals surface area contributed by atoms with E-state index in [1.165, 1.54) is 17.0 Å². The molecule has 0 unspecified atom stereocenters. The number of aliphatic hydroxyl groups excluding tert-OH is 1. The maximum atomic E-state index is 13.0. The van der Waals surface area contributed by atoms with Crippen molar-refractivity contribution in [2.24, 2.45) is 0 Å². The normalized spacial score (nSPS) is 16.5. The van der Waals surface area contributed by atoms with Gasteiger partial charge in [-0.15, -0.1) is 0 Å². The number of hydrogen-bond acceptors (Lipinski definition) is 3. The summed E-state index contributed by atoms with van der Waals surface area (Å²) >= 11 is 6.01. The van der Waals surface area contributed by atoms with Gasteiger partial charge in [-0.1, -0.05) is 11.6 Å². The van der Waals surface area contributed by atoms with E-state index in [4.69, 9.17) is 16.3 Å². The van der Waals surface area contributed by atoms with Crippen LogP contribution in [0, 0.1) is 12.7 Å². The van der Waals surface area contributed by atoms with Crippen LogP contribution >= 0.6 is 11.6 Å². The first-order valence-corrected chi connectivity index (χ1v) is 9.30. The first-order valence-electron chi connectivity index (χ1n) is 8.92. The van der Waals surface area contributed by atoms with Gasteiger partial charge in [0.2, 0.25) is 0 Å². The minimum atomic E-state index is -0.515. The topological polar surface area (TPSA) is 37.1 Å². The van der Waals surface area contributed by atoms with Crippen molar-refractivity contribution in [3.05, 3.63) is 58.9 Å². The van der Waals surface area contributed by atoms with Crippen LogP contribution in [0.3, 0.4) is 0 Å². The third-order valence-corrected chi connectivity index (χ3v) is 5.18. The highest BCUT2D eigenvalue weighted by molar-refractivity contribution is 6.31. The number of quaternary nitrogens is 1. The SMILES string of the molecule is Cc1cc(OC[C@H](O)C[NH+]2CCN(c3ccc(F)cc3)CC2)ccc1Cl. The number of aryl methyl sites for hydroxylation is 1. The number of rotatable bonds is 6. The molecule has 1 aliphatic heterocycles. The molecule has 1 atom stereocenters. The molecule has 2 aromatic carbocycles. The highest BCUT2D eigenvalue weighted by Gasteiger charge is 2.23. The molecule has 0 amide bonds. The molecule has 0 saturated carbocycles. The molecule has 3 rings (SSSR count). The Morgan fingerprint density at radius 3 is 2.54 bits per heavy atom. The molecule has 1 fully saturated rings. The van der Waals surface area contributed by atoms with E-state index >= 15 is 0 Å². The van der Waals surface area contributed by atoms with E-state index in [0.717, 1.165) is 43.2 Å². The zero-order valence-electron chi connectivity index (χ0n) is 14.9. The quantitative estimate of drug-likeness (QED) is 0.805. The van der Waals surface area contributed by atoms with Crippen molar-refractivity contribution in [2.45, 2.75) is 13.0 Å². The number of benzene rings is 2. The lowest BCUT2D eigenvalue weighted by atomic mass is 10.2. The van der Waals surface area contributed by atoms with Crippen molar-refractivity contribution in [2.75, 3.05) is 44.2 Å². The highest BCUT2D eigenvalue weighted by Crippen LogP contribution is 2.21. The van der Waals surface area contributed by atoms with E-state index in [2.05, 4.69) is 4.90 Å². The summed E-state index contributed by atoms with van der Waals surface area (Å²) in [5, 5.41) is 11.0. The average Bonchev–Trinajstić information content (AvgIpc) is 2.64. The number of anilines is 1. The third-order valence-electron chi connectivity index (χ3n) is 4.76. The fraction of sp³-hybridized carbons (Fsp3) is 0.400. The summed E-state index contributed by atoms with van der Waals surface area (Å²) in [6.07, 6.45) is -0.515. The minimum Gasteiger partial charge on any atom is -0.491 e. The summed E-state index contributed by atoms with van der Waals surface area (Å²) in [7, 11) is 0. The number of halogens is 2. The van der Waals surface area contributed by atoms with E-state index in [1.54, 1.807) is 6.07 Å². The summed E-state index contributed by atoms with van der Waals surface area (Å²) in [6.45, 7) is 6.52. The van der Waals surface area contributed by atoms with Crippen molar-refractivity contribution in [1.82, 2.24) is 0 Å². The van der Waals surface area contributed by atoms with E-state index in [-0.39, 0.29) is 12.4 Å². The Labute approximate surface area is 158 Å². The fourth-order valence-electron chi connectivity index (χ4n) is 3.23. The van der Waals surface area contributed by atoms with Crippen LogP contribution < -0.4 is 14.5 Å². The molecule has 0 spiro atoms. The van der Waals surface area contributed by atoms with Gasteiger partial charge in [0.15, 0.2) is 0 Å². The van der Waals surface area contributed by atoms with Gasteiger partial charge in [-0.25, -0.2) is 4.39 Å². The highest BCUT2D eigenvalue weighted by atomic mass is 35.5. The molecule has 2 N–H and O–H groups in total. The number of nitrogens with zero attached hydrogens (tertiary/aromatic N) is 1. The molecular weight excluding hydrogens is 355 g/mol.